The average molecular weight is 506 g/mol. The first-order valence-electron chi connectivity index (χ1n) is 11.2. The Bertz CT molecular complexity index is 1210. The molecule has 0 saturated carbocycles. The number of anilines is 1. The average Bonchev–Trinajstić information content (AvgIpc) is 3.43. The Morgan fingerprint density at radius 1 is 1.19 bits per heavy atom. The van der Waals surface area contributed by atoms with E-state index in [0.29, 0.717) is 35.0 Å². The molecule has 1 aromatic carbocycles. The number of hydrogen-bond acceptors (Lipinski definition) is 7. The Morgan fingerprint density at radius 2 is 2.00 bits per heavy atom. The number of rotatable bonds is 11. The molecule has 9 nitrogen and oxygen atoms in total. The van der Waals surface area contributed by atoms with Crippen LogP contribution in [0.25, 0.3) is 0 Å². The van der Waals surface area contributed by atoms with Crippen molar-refractivity contribution >= 4 is 11.8 Å². The van der Waals surface area contributed by atoms with Gasteiger partial charge in [0.1, 0.15) is 12.4 Å². The molecule has 2 aromatic heterocycles. The highest BCUT2D eigenvalue weighted by Gasteiger charge is 2.31. The molecule has 0 aliphatic carbocycles. The van der Waals surface area contributed by atoms with E-state index in [4.69, 9.17) is 14.2 Å². The van der Waals surface area contributed by atoms with Crippen LogP contribution in [0.1, 0.15) is 29.3 Å². The van der Waals surface area contributed by atoms with Crippen LogP contribution in [0.15, 0.2) is 42.5 Å². The van der Waals surface area contributed by atoms with Gasteiger partial charge in [-0.3, -0.25) is 4.79 Å². The SMILES string of the molecule is CNc1cccc(CCOc2cc(CC(CC(=O)O)c3ccc4c(c3)OCO4)nn2CC(F)(F)F)n1. The lowest BCUT2D eigenvalue weighted by Gasteiger charge is -2.14. The molecule has 3 aromatic rings. The summed E-state index contributed by atoms with van der Waals surface area (Å²) in [6.45, 7) is -1.17. The van der Waals surface area contributed by atoms with Gasteiger partial charge in [0.15, 0.2) is 11.5 Å². The van der Waals surface area contributed by atoms with Gasteiger partial charge in [-0.05, 0) is 36.2 Å². The number of nitrogens with one attached hydrogen (secondary N) is 1. The molecule has 1 unspecified atom stereocenters. The molecular formula is C24H25F3N4O5. The summed E-state index contributed by atoms with van der Waals surface area (Å²) >= 11 is 0. The number of ether oxygens (including phenoxy) is 3. The summed E-state index contributed by atoms with van der Waals surface area (Å²) in [6, 6.07) is 11.9. The summed E-state index contributed by atoms with van der Waals surface area (Å²) in [6.07, 6.45) is -4.28. The van der Waals surface area contributed by atoms with Crippen molar-refractivity contribution in [1.82, 2.24) is 14.8 Å². The van der Waals surface area contributed by atoms with Crippen molar-refractivity contribution in [2.45, 2.75) is 37.9 Å². The Labute approximate surface area is 204 Å². The number of pyridine rings is 1. The minimum absolute atomic E-state index is 0.0492. The zero-order chi connectivity index (χ0) is 25.7. The van der Waals surface area contributed by atoms with E-state index in [-0.39, 0.29) is 37.8 Å². The first kappa shape index (κ1) is 25.1. The third kappa shape index (κ3) is 6.58. The number of benzene rings is 1. The molecule has 1 atom stereocenters. The van der Waals surface area contributed by atoms with Crippen LogP contribution in [-0.2, 0) is 24.2 Å². The topological polar surface area (TPSA) is 108 Å². The van der Waals surface area contributed by atoms with Crippen LogP contribution >= 0.6 is 0 Å². The maximum Gasteiger partial charge on any atom is 0.408 e. The van der Waals surface area contributed by atoms with Gasteiger partial charge in [0, 0.05) is 31.1 Å². The maximum absolute atomic E-state index is 13.2. The van der Waals surface area contributed by atoms with Crippen molar-refractivity contribution in [2.24, 2.45) is 0 Å². The Balaban J connectivity index is 1.52. The minimum atomic E-state index is -4.51. The predicted molar refractivity (Wildman–Crippen MR) is 123 cm³/mol. The van der Waals surface area contributed by atoms with E-state index in [0.717, 1.165) is 4.68 Å². The second kappa shape index (κ2) is 10.8. The number of nitrogens with zero attached hydrogens (tertiary/aromatic N) is 3. The Morgan fingerprint density at radius 3 is 2.75 bits per heavy atom. The van der Waals surface area contributed by atoms with E-state index >= 15 is 0 Å². The van der Waals surface area contributed by atoms with Crippen LogP contribution in [0.5, 0.6) is 17.4 Å². The van der Waals surface area contributed by atoms with Crippen molar-refractivity contribution in [2.75, 3.05) is 25.8 Å². The van der Waals surface area contributed by atoms with E-state index in [1.54, 1.807) is 37.4 Å². The molecule has 36 heavy (non-hydrogen) atoms. The number of halogens is 3. The van der Waals surface area contributed by atoms with Gasteiger partial charge in [0.25, 0.3) is 0 Å². The number of fused-ring (bicyclic) bond motifs is 1. The number of carbonyl (C=O) groups is 1. The summed E-state index contributed by atoms with van der Waals surface area (Å²) in [5.74, 6) is 0.0719. The predicted octanol–water partition coefficient (Wildman–Crippen LogP) is 4.03. The van der Waals surface area contributed by atoms with E-state index in [2.05, 4.69) is 15.4 Å². The van der Waals surface area contributed by atoms with Crippen molar-refractivity contribution < 1.29 is 37.3 Å². The second-order valence-corrected chi connectivity index (χ2v) is 8.22. The zero-order valence-electron chi connectivity index (χ0n) is 19.4. The molecule has 192 valence electrons. The number of alkyl halides is 3. The molecule has 1 aliphatic rings. The first-order valence-corrected chi connectivity index (χ1v) is 11.2. The molecule has 0 fully saturated rings. The molecule has 2 N–H and O–H groups in total. The summed E-state index contributed by atoms with van der Waals surface area (Å²) in [4.78, 5) is 15.9. The third-order valence-corrected chi connectivity index (χ3v) is 5.54. The van der Waals surface area contributed by atoms with Crippen LogP contribution in [0.3, 0.4) is 0 Å². The lowest BCUT2D eigenvalue weighted by atomic mass is 9.91. The van der Waals surface area contributed by atoms with Gasteiger partial charge < -0.3 is 24.6 Å². The summed E-state index contributed by atoms with van der Waals surface area (Å²) in [5, 5.41) is 16.4. The highest BCUT2D eigenvalue weighted by atomic mass is 19.4. The van der Waals surface area contributed by atoms with Crippen molar-refractivity contribution in [1.29, 1.82) is 0 Å². The monoisotopic (exact) mass is 506 g/mol. The van der Waals surface area contributed by atoms with Crippen molar-refractivity contribution in [3.05, 3.63) is 59.4 Å². The Hall–Kier alpha value is -3.96. The largest absolute Gasteiger partial charge is 0.481 e. The van der Waals surface area contributed by atoms with Crippen LogP contribution in [-0.4, -0.2) is 52.5 Å². The van der Waals surface area contributed by atoms with E-state index in [1.165, 1.54) is 6.07 Å². The number of aliphatic carboxylic acids is 1. The lowest BCUT2D eigenvalue weighted by molar-refractivity contribution is -0.143. The van der Waals surface area contributed by atoms with Gasteiger partial charge in [-0.25, -0.2) is 9.67 Å². The number of carboxylic acids is 1. The highest BCUT2D eigenvalue weighted by Crippen LogP contribution is 2.36. The smallest absolute Gasteiger partial charge is 0.408 e. The first-order chi connectivity index (χ1) is 17.2. The van der Waals surface area contributed by atoms with Crippen LogP contribution in [0, 0.1) is 0 Å². The number of carboxylic acid groups (broad SMARTS) is 1. The van der Waals surface area contributed by atoms with Gasteiger partial charge in [-0.2, -0.15) is 18.3 Å². The van der Waals surface area contributed by atoms with Gasteiger partial charge >= 0.3 is 12.1 Å². The number of aromatic nitrogens is 3. The lowest BCUT2D eigenvalue weighted by Crippen LogP contribution is -2.20. The molecule has 0 amide bonds. The fraction of sp³-hybridized carbons (Fsp3) is 0.375. The molecule has 3 heterocycles. The molecular weight excluding hydrogens is 481 g/mol. The summed E-state index contributed by atoms with van der Waals surface area (Å²) in [7, 11) is 1.74. The van der Waals surface area contributed by atoms with Crippen LogP contribution in [0.4, 0.5) is 19.0 Å². The molecule has 0 bridgehead atoms. The van der Waals surface area contributed by atoms with Crippen molar-refractivity contribution in [3.63, 3.8) is 0 Å². The van der Waals surface area contributed by atoms with E-state index < -0.39 is 24.6 Å². The standard InChI is InChI=1S/C24H25F3N4O5/c1-28-21-4-2-3-17(29-21)7-8-34-22-12-18(30-31(22)13-24(25,26)27)9-16(11-23(32)33)15-5-6-19-20(10-15)36-14-35-19/h2-6,10,12,16H,7-9,11,13-14H2,1H3,(H,28,29)(H,32,33). The van der Waals surface area contributed by atoms with Gasteiger partial charge in [0.2, 0.25) is 12.7 Å². The fourth-order valence-corrected chi connectivity index (χ4v) is 3.91. The van der Waals surface area contributed by atoms with Crippen LogP contribution < -0.4 is 19.5 Å². The minimum Gasteiger partial charge on any atom is -0.481 e. The maximum atomic E-state index is 13.2. The molecule has 12 heteroatoms. The van der Waals surface area contributed by atoms with Crippen molar-refractivity contribution in [3.8, 4) is 17.4 Å². The molecule has 0 saturated heterocycles. The summed E-state index contributed by atoms with van der Waals surface area (Å²) in [5.41, 5.74) is 1.66. The summed E-state index contributed by atoms with van der Waals surface area (Å²) < 4.78 is 56.7. The van der Waals surface area contributed by atoms with Gasteiger partial charge in [-0.15, -0.1) is 0 Å². The normalized spacial score (nSPS) is 13.4. The third-order valence-electron chi connectivity index (χ3n) is 5.54. The fourth-order valence-electron chi connectivity index (χ4n) is 3.91. The molecule has 0 radical (unpaired) electrons. The molecule has 0 spiro atoms. The zero-order valence-corrected chi connectivity index (χ0v) is 19.4. The Kier molecular flexibility index (Phi) is 7.51. The van der Waals surface area contributed by atoms with E-state index in [1.807, 2.05) is 6.07 Å². The quantitative estimate of drug-likeness (QED) is 0.401. The number of hydrogen-bond donors (Lipinski definition) is 2. The molecule has 1 aliphatic heterocycles. The highest BCUT2D eigenvalue weighted by molar-refractivity contribution is 5.68. The van der Waals surface area contributed by atoms with Gasteiger partial charge in [0.05, 0.1) is 18.7 Å². The van der Waals surface area contributed by atoms with Gasteiger partial charge in [-0.1, -0.05) is 12.1 Å². The van der Waals surface area contributed by atoms with E-state index in [9.17, 15) is 23.1 Å². The second-order valence-electron chi connectivity index (χ2n) is 8.22. The van der Waals surface area contributed by atoms with Crippen LogP contribution in [0.2, 0.25) is 0 Å². The molecule has 4 rings (SSSR count).